The number of fused-ring (bicyclic) bond motifs is 3. The lowest BCUT2D eigenvalue weighted by Gasteiger charge is -2.42. The van der Waals surface area contributed by atoms with Gasteiger partial charge >= 0.3 is 5.97 Å². The van der Waals surface area contributed by atoms with Crippen molar-refractivity contribution in [3.63, 3.8) is 0 Å². The zero-order valence-corrected chi connectivity index (χ0v) is 19.0. The van der Waals surface area contributed by atoms with Crippen LogP contribution in [0.4, 0.5) is 4.39 Å². The van der Waals surface area contributed by atoms with Crippen LogP contribution < -0.4 is 0 Å². The molecule has 0 aromatic heterocycles. The molecule has 3 atom stereocenters. The molecule has 0 amide bonds. The van der Waals surface area contributed by atoms with Gasteiger partial charge in [-0.15, -0.1) is 0 Å². The Morgan fingerprint density at radius 3 is 2.62 bits per heavy atom. The maximum atomic E-state index is 14.0. The molecule has 29 heavy (non-hydrogen) atoms. The molecule has 1 saturated carbocycles. The van der Waals surface area contributed by atoms with E-state index in [1.807, 2.05) is 18.2 Å². The second kappa shape index (κ2) is 7.65. The average Bonchev–Trinajstić information content (AvgIpc) is 3.10. The number of ether oxygens (including phenoxy) is 1. The minimum absolute atomic E-state index is 0.0970. The van der Waals surface area contributed by atoms with E-state index in [-0.39, 0.29) is 23.4 Å². The highest BCUT2D eigenvalue weighted by atomic mass is 127. The molecule has 0 heterocycles. The number of carbonyl (C=O) groups excluding carboxylic acids is 1. The number of halogens is 2. The van der Waals surface area contributed by atoms with Gasteiger partial charge in [0.1, 0.15) is 10.6 Å². The lowest BCUT2D eigenvalue weighted by Crippen LogP contribution is -2.45. The predicted octanol–water partition coefficient (Wildman–Crippen LogP) is 4.64. The molecule has 1 fully saturated rings. The summed E-state index contributed by atoms with van der Waals surface area (Å²) in [4.78, 5) is 12.7. The third-order valence-electron chi connectivity index (χ3n) is 6.35. The number of benzene rings is 2. The zero-order chi connectivity index (χ0) is 20.8. The third kappa shape index (κ3) is 3.21. The van der Waals surface area contributed by atoms with Gasteiger partial charge in [0.05, 0.1) is 17.4 Å². The Kier molecular flexibility index (Phi) is 5.48. The first-order chi connectivity index (χ1) is 13.8. The van der Waals surface area contributed by atoms with Crippen molar-refractivity contribution in [3.05, 3.63) is 63.0 Å². The van der Waals surface area contributed by atoms with Crippen molar-refractivity contribution < 1.29 is 22.3 Å². The van der Waals surface area contributed by atoms with Crippen LogP contribution in [-0.2, 0) is 30.5 Å². The molecule has 0 radical (unpaired) electrons. The van der Waals surface area contributed by atoms with Crippen LogP contribution in [0.15, 0.2) is 47.4 Å². The van der Waals surface area contributed by atoms with E-state index in [2.05, 4.69) is 22.6 Å². The number of sulfone groups is 1. The second-order valence-corrected chi connectivity index (χ2v) is 11.1. The fourth-order valence-corrected chi connectivity index (χ4v) is 8.20. The van der Waals surface area contributed by atoms with Gasteiger partial charge in [0.25, 0.3) is 0 Å². The molecule has 2 aromatic rings. The van der Waals surface area contributed by atoms with Gasteiger partial charge in [-0.3, -0.25) is 4.79 Å². The Morgan fingerprint density at radius 1 is 1.21 bits per heavy atom. The standard InChI is InChI=1S/C22H22FIO4S/c1-2-28-21(25)18-11-12-22(29(26,27)17-7-4-15(23)5-8-17)19-10-6-16(24)13-14(19)3-9-20(18)22/h4-8,10,13,18,20H,2-3,9,11-12H2,1H3/t18-,20+,22-/m0/s1. The summed E-state index contributed by atoms with van der Waals surface area (Å²) in [7, 11) is -3.86. The van der Waals surface area contributed by atoms with Crippen molar-refractivity contribution in [2.24, 2.45) is 11.8 Å². The van der Waals surface area contributed by atoms with Crippen LogP contribution in [-0.4, -0.2) is 21.0 Å². The van der Waals surface area contributed by atoms with Gasteiger partial charge in [-0.05, 0) is 109 Å². The van der Waals surface area contributed by atoms with Crippen LogP contribution in [0.25, 0.3) is 0 Å². The Morgan fingerprint density at radius 2 is 1.93 bits per heavy atom. The number of hydrogen-bond acceptors (Lipinski definition) is 4. The molecule has 7 heteroatoms. The van der Waals surface area contributed by atoms with Crippen molar-refractivity contribution in [1.82, 2.24) is 0 Å². The molecule has 2 aromatic carbocycles. The number of carbonyl (C=O) groups is 1. The first kappa shape index (κ1) is 20.8. The second-order valence-electron chi connectivity index (χ2n) is 7.69. The molecule has 0 bridgehead atoms. The van der Waals surface area contributed by atoms with Crippen molar-refractivity contribution in [2.75, 3.05) is 6.61 Å². The van der Waals surface area contributed by atoms with E-state index in [0.29, 0.717) is 19.3 Å². The first-order valence-corrected chi connectivity index (χ1v) is 12.3. The molecule has 2 aliphatic rings. The van der Waals surface area contributed by atoms with Gasteiger partial charge in [-0.1, -0.05) is 6.07 Å². The number of rotatable bonds is 4. The van der Waals surface area contributed by atoms with E-state index >= 15 is 0 Å². The van der Waals surface area contributed by atoms with Crippen LogP contribution in [0.3, 0.4) is 0 Å². The van der Waals surface area contributed by atoms with Crippen LogP contribution in [0.2, 0.25) is 0 Å². The average molecular weight is 528 g/mol. The summed E-state index contributed by atoms with van der Waals surface area (Å²) in [6, 6.07) is 10.9. The summed E-state index contributed by atoms with van der Waals surface area (Å²) in [6.45, 7) is 2.03. The van der Waals surface area contributed by atoms with Gasteiger partial charge in [0.2, 0.25) is 0 Å². The summed E-state index contributed by atoms with van der Waals surface area (Å²) in [5, 5.41) is 0. The third-order valence-corrected chi connectivity index (χ3v) is 9.60. The molecule has 2 aliphatic carbocycles. The van der Waals surface area contributed by atoms with Crippen LogP contribution in [0, 0.1) is 21.2 Å². The normalized spacial score (nSPS) is 25.9. The molecule has 4 rings (SSSR count). The maximum Gasteiger partial charge on any atom is 0.309 e. The van der Waals surface area contributed by atoms with Crippen molar-refractivity contribution in [3.8, 4) is 0 Å². The maximum absolute atomic E-state index is 14.0. The van der Waals surface area contributed by atoms with E-state index < -0.39 is 26.3 Å². The zero-order valence-electron chi connectivity index (χ0n) is 16.0. The van der Waals surface area contributed by atoms with Crippen LogP contribution >= 0.6 is 22.6 Å². The van der Waals surface area contributed by atoms with Gasteiger partial charge < -0.3 is 4.74 Å². The Bertz CT molecular complexity index is 1050. The van der Waals surface area contributed by atoms with Crippen LogP contribution in [0.1, 0.15) is 37.3 Å². The number of aryl methyl sites for hydroxylation is 1. The summed E-state index contributed by atoms with van der Waals surface area (Å²) in [5.74, 6) is -1.60. The van der Waals surface area contributed by atoms with Gasteiger partial charge in [0.15, 0.2) is 9.84 Å². The fourth-order valence-electron chi connectivity index (χ4n) is 5.18. The summed E-state index contributed by atoms with van der Waals surface area (Å²) in [6.07, 6.45) is 2.16. The SMILES string of the molecule is CCOC(=O)[C@H]1CC[C@]2(S(=O)(=O)c3ccc(F)cc3)c3ccc(I)cc3CC[C@H]12. The highest BCUT2D eigenvalue weighted by Crippen LogP contribution is 2.59. The molecule has 0 aliphatic heterocycles. The minimum atomic E-state index is -3.86. The summed E-state index contributed by atoms with van der Waals surface area (Å²) < 4.78 is 46.6. The molecule has 4 nitrogen and oxygen atoms in total. The molecule has 0 saturated heterocycles. The molecular formula is C22H22FIO4S. The highest BCUT2D eigenvalue weighted by Gasteiger charge is 2.61. The number of esters is 1. The lowest BCUT2D eigenvalue weighted by atomic mass is 9.73. The predicted molar refractivity (Wildman–Crippen MR) is 116 cm³/mol. The van der Waals surface area contributed by atoms with Gasteiger partial charge in [-0.2, -0.15) is 0 Å². The molecule has 0 spiro atoms. The van der Waals surface area contributed by atoms with E-state index in [1.165, 1.54) is 24.3 Å². The smallest absolute Gasteiger partial charge is 0.309 e. The van der Waals surface area contributed by atoms with E-state index in [1.54, 1.807) is 6.92 Å². The van der Waals surface area contributed by atoms with Crippen molar-refractivity contribution >= 4 is 38.4 Å². The quantitative estimate of drug-likeness (QED) is 0.330. The van der Waals surface area contributed by atoms with Gasteiger partial charge in [0, 0.05) is 3.57 Å². The van der Waals surface area contributed by atoms with Crippen LogP contribution in [0.5, 0.6) is 0 Å². The Balaban J connectivity index is 1.92. The lowest BCUT2D eigenvalue weighted by molar-refractivity contribution is -0.149. The monoisotopic (exact) mass is 528 g/mol. The van der Waals surface area contributed by atoms with E-state index in [0.717, 1.165) is 21.1 Å². The molecule has 0 unspecified atom stereocenters. The largest absolute Gasteiger partial charge is 0.466 e. The highest BCUT2D eigenvalue weighted by molar-refractivity contribution is 14.1. The van der Waals surface area contributed by atoms with Crippen molar-refractivity contribution in [1.29, 1.82) is 0 Å². The first-order valence-electron chi connectivity index (χ1n) is 9.77. The Hall–Kier alpha value is -1.48. The summed E-state index contributed by atoms with van der Waals surface area (Å²) >= 11 is 2.23. The molecule has 0 N–H and O–H groups in total. The fraction of sp³-hybridized carbons (Fsp3) is 0.409. The molecule has 154 valence electrons. The topological polar surface area (TPSA) is 60.4 Å². The van der Waals surface area contributed by atoms with E-state index in [9.17, 15) is 17.6 Å². The summed E-state index contributed by atoms with van der Waals surface area (Å²) in [5.41, 5.74) is 1.80. The minimum Gasteiger partial charge on any atom is -0.466 e. The van der Waals surface area contributed by atoms with Crippen molar-refractivity contribution in [2.45, 2.75) is 42.2 Å². The number of hydrogen-bond donors (Lipinski definition) is 0. The molecular weight excluding hydrogens is 506 g/mol. The van der Waals surface area contributed by atoms with Gasteiger partial charge in [-0.25, -0.2) is 12.8 Å². The van der Waals surface area contributed by atoms with E-state index in [4.69, 9.17) is 4.74 Å². The Labute approximate surface area is 183 Å².